The predicted octanol–water partition coefficient (Wildman–Crippen LogP) is 2.94. The van der Waals surface area contributed by atoms with E-state index < -0.39 is 0 Å². The van der Waals surface area contributed by atoms with Gasteiger partial charge in [0.25, 0.3) is 0 Å². The van der Waals surface area contributed by atoms with E-state index in [0.29, 0.717) is 18.7 Å². The lowest BCUT2D eigenvalue weighted by atomic mass is 9.93. The van der Waals surface area contributed by atoms with Crippen molar-refractivity contribution >= 4 is 6.03 Å². The fourth-order valence-electron chi connectivity index (χ4n) is 3.19. The fraction of sp³-hybridized carbons (Fsp3) is 0.316. The number of hydrogen-bond donors (Lipinski definition) is 2. The molecule has 1 heterocycles. The van der Waals surface area contributed by atoms with E-state index in [4.69, 9.17) is 0 Å². The molecular formula is C19H21FN2O2. The lowest BCUT2D eigenvalue weighted by molar-refractivity contribution is 0.126. The number of benzene rings is 2. The molecule has 1 aliphatic rings. The molecule has 0 bridgehead atoms. The second kappa shape index (κ2) is 7.01. The van der Waals surface area contributed by atoms with Crippen molar-refractivity contribution in [3.8, 4) is 0 Å². The molecule has 0 radical (unpaired) electrons. The molecule has 3 rings (SSSR count). The standard InChI is InChI=1S/C19H21FN2O2/c1-13-10-14(6-7-17(13)20)11-21-19(24)22-9-8-15-4-2-3-5-16(15)18(22)12-23/h2-7,10,18,23H,8-9,11-12H2,1H3,(H,21,24). The SMILES string of the molecule is Cc1cc(CNC(=O)N2CCc3ccccc3C2CO)ccc1F. The quantitative estimate of drug-likeness (QED) is 0.910. The summed E-state index contributed by atoms with van der Waals surface area (Å²) in [6.45, 7) is 2.48. The number of fused-ring (bicyclic) bond motifs is 1. The molecule has 126 valence electrons. The van der Waals surface area contributed by atoms with Crippen molar-refractivity contribution < 1.29 is 14.3 Å². The van der Waals surface area contributed by atoms with Gasteiger partial charge in [-0.15, -0.1) is 0 Å². The molecule has 0 saturated heterocycles. The third-order valence-corrected chi connectivity index (χ3v) is 4.51. The Labute approximate surface area is 140 Å². The molecule has 0 aromatic heterocycles. The van der Waals surface area contributed by atoms with Crippen molar-refractivity contribution in [3.63, 3.8) is 0 Å². The number of rotatable bonds is 3. The average molecular weight is 328 g/mol. The zero-order valence-electron chi connectivity index (χ0n) is 13.6. The van der Waals surface area contributed by atoms with Crippen molar-refractivity contribution in [2.24, 2.45) is 0 Å². The average Bonchev–Trinajstić information content (AvgIpc) is 2.61. The van der Waals surface area contributed by atoms with Gasteiger partial charge in [0.15, 0.2) is 0 Å². The first-order valence-electron chi connectivity index (χ1n) is 8.08. The summed E-state index contributed by atoms with van der Waals surface area (Å²) in [5.41, 5.74) is 3.58. The third-order valence-electron chi connectivity index (χ3n) is 4.51. The van der Waals surface area contributed by atoms with E-state index in [0.717, 1.165) is 17.5 Å². The van der Waals surface area contributed by atoms with Gasteiger partial charge in [-0.05, 0) is 41.7 Å². The molecule has 1 atom stereocenters. The van der Waals surface area contributed by atoms with Gasteiger partial charge in [0.05, 0.1) is 12.6 Å². The Bertz CT molecular complexity index is 748. The van der Waals surface area contributed by atoms with Crippen LogP contribution in [0.2, 0.25) is 0 Å². The molecule has 1 aliphatic heterocycles. The minimum atomic E-state index is -0.329. The summed E-state index contributed by atoms with van der Waals surface area (Å²) in [5, 5.41) is 12.6. The van der Waals surface area contributed by atoms with Gasteiger partial charge >= 0.3 is 6.03 Å². The van der Waals surface area contributed by atoms with Crippen LogP contribution in [-0.2, 0) is 13.0 Å². The second-order valence-corrected chi connectivity index (χ2v) is 6.08. The Balaban J connectivity index is 1.69. The Kier molecular flexibility index (Phi) is 4.81. The summed E-state index contributed by atoms with van der Waals surface area (Å²) in [5.74, 6) is -0.252. The van der Waals surface area contributed by atoms with E-state index in [-0.39, 0.29) is 24.5 Å². The number of nitrogens with one attached hydrogen (secondary N) is 1. The Morgan fingerprint density at radius 3 is 2.88 bits per heavy atom. The van der Waals surface area contributed by atoms with Crippen molar-refractivity contribution in [2.75, 3.05) is 13.2 Å². The number of carbonyl (C=O) groups is 1. The number of hydrogen-bond acceptors (Lipinski definition) is 2. The molecule has 0 aliphatic carbocycles. The van der Waals surface area contributed by atoms with Crippen LogP contribution in [0.4, 0.5) is 9.18 Å². The maximum Gasteiger partial charge on any atom is 0.318 e. The first-order chi connectivity index (χ1) is 11.6. The molecule has 0 spiro atoms. The van der Waals surface area contributed by atoms with Gasteiger partial charge in [-0.1, -0.05) is 36.4 Å². The normalized spacial score (nSPS) is 16.6. The summed E-state index contributed by atoms with van der Waals surface area (Å²) in [7, 11) is 0. The number of carbonyl (C=O) groups excluding carboxylic acids is 1. The number of urea groups is 1. The van der Waals surface area contributed by atoms with Crippen LogP contribution in [-0.4, -0.2) is 29.2 Å². The minimum Gasteiger partial charge on any atom is -0.394 e. The predicted molar refractivity (Wildman–Crippen MR) is 90.1 cm³/mol. The number of aryl methyl sites for hydroxylation is 1. The van der Waals surface area contributed by atoms with Gasteiger partial charge in [-0.2, -0.15) is 0 Å². The minimum absolute atomic E-state index is 0.111. The van der Waals surface area contributed by atoms with Crippen LogP contribution in [0.25, 0.3) is 0 Å². The molecule has 0 fully saturated rings. The van der Waals surface area contributed by atoms with Crippen molar-refractivity contribution in [1.82, 2.24) is 10.2 Å². The van der Waals surface area contributed by atoms with E-state index in [1.807, 2.05) is 24.3 Å². The highest BCUT2D eigenvalue weighted by Crippen LogP contribution is 2.29. The molecule has 0 saturated carbocycles. The molecule has 2 N–H and O–H groups in total. The highest BCUT2D eigenvalue weighted by Gasteiger charge is 2.29. The van der Waals surface area contributed by atoms with E-state index in [2.05, 4.69) is 5.32 Å². The third kappa shape index (κ3) is 3.26. The summed E-state index contributed by atoms with van der Waals surface area (Å²) in [4.78, 5) is 14.2. The first kappa shape index (κ1) is 16.5. The van der Waals surface area contributed by atoms with Crippen molar-refractivity contribution in [3.05, 3.63) is 70.5 Å². The smallest absolute Gasteiger partial charge is 0.318 e. The molecule has 2 aromatic rings. The van der Waals surface area contributed by atoms with Gasteiger partial charge < -0.3 is 15.3 Å². The number of nitrogens with zero attached hydrogens (tertiary/aromatic N) is 1. The Morgan fingerprint density at radius 2 is 2.12 bits per heavy atom. The molecule has 2 aromatic carbocycles. The monoisotopic (exact) mass is 328 g/mol. The van der Waals surface area contributed by atoms with Crippen LogP contribution in [0.5, 0.6) is 0 Å². The van der Waals surface area contributed by atoms with Gasteiger partial charge in [0.1, 0.15) is 5.82 Å². The number of halogens is 1. The lowest BCUT2D eigenvalue weighted by Gasteiger charge is -2.36. The molecule has 5 heteroatoms. The molecule has 2 amide bonds. The second-order valence-electron chi connectivity index (χ2n) is 6.08. The van der Waals surface area contributed by atoms with Crippen LogP contribution in [0.3, 0.4) is 0 Å². The summed E-state index contributed by atoms with van der Waals surface area (Å²) < 4.78 is 13.3. The molecule has 24 heavy (non-hydrogen) atoms. The number of aliphatic hydroxyl groups is 1. The molecular weight excluding hydrogens is 307 g/mol. The molecule has 1 unspecified atom stereocenters. The van der Waals surface area contributed by atoms with Gasteiger partial charge in [0.2, 0.25) is 0 Å². The zero-order chi connectivity index (χ0) is 17.1. The van der Waals surface area contributed by atoms with Crippen molar-refractivity contribution in [1.29, 1.82) is 0 Å². The van der Waals surface area contributed by atoms with E-state index in [9.17, 15) is 14.3 Å². The van der Waals surface area contributed by atoms with E-state index in [1.165, 1.54) is 11.6 Å². The summed E-state index contributed by atoms with van der Waals surface area (Å²) in [6.07, 6.45) is 0.774. The number of aliphatic hydroxyl groups excluding tert-OH is 1. The largest absolute Gasteiger partial charge is 0.394 e. The fourth-order valence-corrected chi connectivity index (χ4v) is 3.19. The summed E-state index contributed by atoms with van der Waals surface area (Å²) in [6, 6.07) is 12.1. The van der Waals surface area contributed by atoms with Crippen LogP contribution in [0, 0.1) is 12.7 Å². The summed E-state index contributed by atoms with van der Waals surface area (Å²) >= 11 is 0. The van der Waals surface area contributed by atoms with Crippen LogP contribution in [0.1, 0.15) is 28.3 Å². The maximum atomic E-state index is 13.3. The number of amides is 2. The first-order valence-corrected chi connectivity index (χ1v) is 8.08. The van der Waals surface area contributed by atoms with E-state index >= 15 is 0 Å². The topological polar surface area (TPSA) is 52.6 Å². The van der Waals surface area contributed by atoms with Crippen LogP contribution < -0.4 is 5.32 Å². The van der Waals surface area contributed by atoms with Gasteiger partial charge in [-0.3, -0.25) is 0 Å². The van der Waals surface area contributed by atoms with Gasteiger partial charge in [-0.25, -0.2) is 9.18 Å². The van der Waals surface area contributed by atoms with Crippen molar-refractivity contribution in [2.45, 2.75) is 25.9 Å². The molecule has 4 nitrogen and oxygen atoms in total. The highest BCUT2D eigenvalue weighted by atomic mass is 19.1. The highest BCUT2D eigenvalue weighted by molar-refractivity contribution is 5.75. The Morgan fingerprint density at radius 1 is 1.33 bits per heavy atom. The van der Waals surface area contributed by atoms with E-state index in [1.54, 1.807) is 24.0 Å². The lowest BCUT2D eigenvalue weighted by Crippen LogP contribution is -2.46. The zero-order valence-corrected chi connectivity index (χ0v) is 13.6. The van der Waals surface area contributed by atoms with Crippen LogP contribution in [0.15, 0.2) is 42.5 Å². The Hall–Kier alpha value is -2.40. The van der Waals surface area contributed by atoms with Crippen LogP contribution >= 0.6 is 0 Å². The maximum absolute atomic E-state index is 13.3. The van der Waals surface area contributed by atoms with Gasteiger partial charge in [0, 0.05) is 13.1 Å².